The lowest BCUT2D eigenvalue weighted by molar-refractivity contribution is -0.141. The van der Waals surface area contributed by atoms with Crippen molar-refractivity contribution in [3.8, 4) is 0 Å². The molecule has 0 unspecified atom stereocenters. The smallest absolute Gasteiger partial charge is 0.244 e. The number of sulfonamides is 1. The van der Waals surface area contributed by atoms with E-state index >= 15 is 0 Å². The van der Waals surface area contributed by atoms with Crippen molar-refractivity contribution in [2.24, 2.45) is 0 Å². The summed E-state index contributed by atoms with van der Waals surface area (Å²) in [5, 5.41) is 3.70. The molecule has 7 nitrogen and oxygen atoms in total. The highest BCUT2D eigenvalue weighted by molar-refractivity contribution is 7.92. The van der Waals surface area contributed by atoms with Crippen molar-refractivity contribution in [2.45, 2.75) is 52.2 Å². The molecule has 35 heavy (non-hydrogen) atoms. The summed E-state index contributed by atoms with van der Waals surface area (Å²) in [6.07, 6.45) is 1.27. The number of carbonyl (C=O) groups is 2. The van der Waals surface area contributed by atoms with Gasteiger partial charge in [-0.2, -0.15) is 0 Å². The fourth-order valence-electron chi connectivity index (χ4n) is 3.45. The Morgan fingerprint density at radius 2 is 1.66 bits per heavy atom. The number of amides is 2. The molecule has 0 saturated carbocycles. The first kappa shape index (κ1) is 29.2. The van der Waals surface area contributed by atoms with E-state index in [2.05, 4.69) is 5.32 Å². The summed E-state index contributed by atoms with van der Waals surface area (Å²) < 4.78 is 26.2. The molecule has 0 heterocycles. The number of halogens is 3. The lowest BCUT2D eigenvalue weighted by Crippen LogP contribution is -2.55. The Labute approximate surface area is 222 Å². The lowest BCUT2D eigenvalue weighted by Gasteiger charge is -2.34. The van der Waals surface area contributed by atoms with Gasteiger partial charge in [0.1, 0.15) is 12.6 Å². The van der Waals surface area contributed by atoms with Crippen molar-refractivity contribution in [3.63, 3.8) is 0 Å². The maximum atomic E-state index is 13.7. The average Bonchev–Trinajstić information content (AvgIpc) is 2.73. The van der Waals surface area contributed by atoms with Crippen LogP contribution < -0.4 is 9.62 Å². The minimum absolute atomic E-state index is 0.00938. The van der Waals surface area contributed by atoms with Gasteiger partial charge in [-0.15, -0.1) is 0 Å². The van der Waals surface area contributed by atoms with Gasteiger partial charge < -0.3 is 10.2 Å². The summed E-state index contributed by atoms with van der Waals surface area (Å²) in [6.45, 7) is 6.72. The highest BCUT2D eigenvalue weighted by Gasteiger charge is 2.33. The van der Waals surface area contributed by atoms with Crippen LogP contribution >= 0.6 is 34.8 Å². The minimum atomic E-state index is -3.93. The third kappa shape index (κ3) is 8.27. The van der Waals surface area contributed by atoms with Crippen molar-refractivity contribution in [1.82, 2.24) is 10.2 Å². The van der Waals surface area contributed by atoms with Crippen LogP contribution in [0.2, 0.25) is 15.1 Å². The van der Waals surface area contributed by atoms with E-state index in [-0.39, 0.29) is 28.2 Å². The first-order chi connectivity index (χ1) is 16.1. The van der Waals surface area contributed by atoms with Crippen LogP contribution in [-0.4, -0.2) is 49.5 Å². The standard InChI is InChI=1S/C24H30Cl3N3O4S/c1-6-20(23(32)28-24(2,3)4)29(14-16-9-7-8-10-18(16)26)22(31)15-30(35(5,33)34)21-13-17(25)11-12-19(21)27/h7-13,20H,6,14-15H2,1-5H3,(H,28,32)/t20-/m0/s1. The molecule has 11 heteroatoms. The monoisotopic (exact) mass is 561 g/mol. The third-order valence-corrected chi connectivity index (χ3v) is 7.09. The highest BCUT2D eigenvalue weighted by Crippen LogP contribution is 2.31. The first-order valence-electron chi connectivity index (χ1n) is 10.9. The number of rotatable bonds is 9. The second-order valence-electron chi connectivity index (χ2n) is 9.14. The number of benzene rings is 2. The van der Waals surface area contributed by atoms with Gasteiger partial charge in [0.25, 0.3) is 0 Å². The van der Waals surface area contributed by atoms with E-state index in [4.69, 9.17) is 34.8 Å². The van der Waals surface area contributed by atoms with Crippen molar-refractivity contribution in [2.75, 3.05) is 17.1 Å². The lowest BCUT2D eigenvalue weighted by atomic mass is 10.1. The molecule has 2 aromatic rings. The van der Waals surface area contributed by atoms with E-state index in [1.54, 1.807) is 31.2 Å². The molecule has 0 saturated heterocycles. The van der Waals surface area contributed by atoms with Crippen molar-refractivity contribution in [3.05, 3.63) is 63.1 Å². The number of carbonyl (C=O) groups excluding carboxylic acids is 2. The van der Waals surface area contributed by atoms with Crippen LogP contribution in [0, 0.1) is 0 Å². The van der Waals surface area contributed by atoms with Gasteiger partial charge in [0.05, 0.1) is 17.0 Å². The number of hydrogen-bond acceptors (Lipinski definition) is 4. The van der Waals surface area contributed by atoms with E-state index in [0.717, 1.165) is 10.6 Å². The molecule has 2 aromatic carbocycles. The third-order valence-electron chi connectivity index (χ3n) is 5.04. The summed E-state index contributed by atoms with van der Waals surface area (Å²) >= 11 is 18.7. The molecule has 0 aliphatic rings. The van der Waals surface area contributed by atoms with E-state index in [9.17, 15) is 18.0 Å². The van der Waals surface area contributed by atoms with Crippen LogP contribution in [0.4, 0.5) is 5.69 Å². The van der Waals surface area contributed by atoms with Gasteiger partial charge in [0.15, 0.2) is 0 Å². The van der Waals surface area contributed by atoms with Crippen LogP contribution in [0.25, 0.3) is 0 Å². The van der Waals surface area contributed by atoms with Gasteiger partial charge in [0, 0.05) is 22.1 Å². The number of hydrogen-bond donors (Lipinski definition) is 1. The van der Waals surface area contributed by atoms with E-state index in [1.807, 2.05) is 20.8 Å². The quantitative estimate of drug-likeness (QED) is 0.459. The largest absolute Gasteiger partial charge is 0.350 e. The average molecular weight is 563 g/mol. The molecule has 1 N–H and O–H groups in total. The van der Waals surface area contributed by atoms with Crippen LogP contribution in [0.1, 0.15) is 39.7 Å². The summed E-state index contributed by atoms with van der Waals surface area (Å²) in [5.74, 6) is -0.950. The zero-order valence-electron chi connectivity index (χ0n) is 20.3. The fourth-order valence-corrected chi connectivity index (χ4v) is 4.94. The number of nitrogens with one attached hydrogen (secondary N) is 1. The number of nitrogens with zero attached hydrogens (tertiary/aromatic N) is 2. The predicted molar refractivity (Wildman–Crippen MR) is 143 cm³/mol. The maximum absolute atomic E-state index is 13.7. The minimum Gasteiger partial charge on any atom is -0.350 e. The summed E-state index contributed by atoms with van der Waals surface area (Å²) in [6, 6.07) is 10.4. The Kier molecular flexibility index (Phi) is 9.87. The van der Waals surface area contributed by atoms with E-state index in [0.29, 0.717) is 17.0 Å². The molecule has 192 valence electrons. The Balaban J connectivity index is 2.52. The van der Waals surface area contributed by atoms with Gasteiger partial charge in [-0.3, -0.25) is 13.9 Å². The number of anilines is 1. The molecule has 0 fully saturated rings. The van der Waals surface area contributed by atoms with E-state index < -0.39 is 34.1 Å². The predicted octanol–water partition coefficient (Wildman–Crippen LogP) is 5.13. The molecular formula is C24H30Cl3N3O4S. The Bertz CT molecular complexity index is 1180. The highest BCUT2D eigenvalue weighted by atomic mass is 35.5. The first-order valence-corrected chi connectivity index (χ1v) is 13.9. The van der Waals surface area contributed by atoms with Crippen LogP contribution in [-0.2, 0) is 26.2 Å². The van der Waals surface area contributed by atoms with Crippen LogP contribution in [0.15, 0.2) is 42.5 Å². The van der Waals surface area contributed by atoms with Crippen molar-refractivity contribution >= 4 is 62.3 Å². The molecule has 0 aliphatic carbocycles. The molecule has 0 radical (unpaired) electrons. The van der Waals surface area contributed by atoms with Crippen LogP contribution in [0.3, 0.4) is 0 Å². The van der Waals surface area contributed by atoms with Gasteiger partial charge in [-0.1, -0.05) is 59.9 Å². The Hall–Kier alpha value is -2.00. The molecule has 2 rings (SSSR count). The molecule has 0 spiro atoms. The fraction of sp³-hybridized carbons (Fsp3) is 0.417. The molecule has 0 aliphatic heterocycles. The normalized spacial score (nSPS) is 12.7. The second kappa shape index (κ2) is 11.8. The topological polar surface area (TPSA) is 86.8 Å². The maximum Gasteiger partial charge on any atom is 0.244 e. The van der Waals surface area contributed by atoms with Gasteiger partial charge in [-0.25, -0.2) is 8.42 Å². The zero-order valence-corrected chi connectivity index (χ0v) is 23.4. The summed E-state index contributed by atoms with van der Waals surface area (Å²) in [4.78, 5) is 28.2. The van der Waals surface area contributed by atoms with Gasteiger partial charge >= 0.3 is 0 Å². The van der Waals surface area contributed by atoms with Crippen molar-refractivity contribution < 1.29 is 18.0 Å². The van der Waals surface area contributed by atoms with E-state index in [1.165, 1.54) is 23.1 Å². The van der Waals surface area contributed by atoms with Crippen LogP contribution in [0.5, 0.6) is 0 Å². The summed E-state index contributed by atoms with van der Waals surface area (Å²) in [5.41, 5.74) is 0.160. The Morgan fingerprint density at radius 3 is 2.20 bits per heavy atom. The summed E-state index contributed by atoms with van der Waals surface area (Å²) in [7, 11) is -3.93. The zero-order chi connectivity index (χ0) is 26.6. The van der Waals surface area contributed by atoms with Gasteiger partial charge in [-0.05, 0) is 57.0 Å². The molecule has 0 aromatic heterocycles. The SMILES string of the molecule is CC[C@@H](C(=O)NC(C)(C)C)N(Cc1ccccc1Cl)C(=O)CN(c1cc(Cl)ccc1Cl)S(C)(=O)=O. The van der Waals surface area contributed by atoms with Crippen molar-refractivity contribution in [1.29, 1.82) is 0 Å². The second-order valence-corrected chi connectivity index (χ2v) is 12.3. The molecule has 0 bridgehead atoms. The Morgan fingerprint density at radius 1 is 1.03 bits per heavy atom. The molecular weight excluding hydrogens is 533 g/mol. The molecule has 1 atom stereocenters. The molecule has 2 amide bonds. The van der Waals surface area contributed by atoms with Gasteiger partial charge in [0.2, 0.25) is 21.8 Å².